The SMILES string of the molecule is Clc1ccc(Cl)c(CN2CCCN(CCBr)CC2)c1. The van der Waals surface area contributed by atoms with Crippen LogP contribution < -0.4 is 0 Å². The fraction of sp³-hybridized carbons (Fsp3) is 0.571. The summed E-state index contributed by atoms with van der Waals surface area (Å²) in [4.78, 5) is 4.97. The second kappa shape index (κ2) is 7.84. The van der Waals surface area contributed by atoms with Crippen molar-refractivity contribution in [2.45, 2.75) is 13.0 Å². The molecule has 0 aromatic heterocycles. The Morgan fingerprint density at radius 1 is 1.05 bits per heavy atom. The van der Waals surface area contributed by atoms with Crippen LogP contribution in [0.25, 0.3) is 0 Å². The quantitative estimate of drug-likeness (QED) is 0.746. The second-order valence-corrected chi connectivity index (χ2v) is 6.53. The lowest BCUT2D eigenvalue weighted by molar-refractivity contribution is 0.258. The predicted octanol–water partition coefficient (Wildman–Crippen LogP) is 3.90. The van der Waals surface area contributed by atoms with Gasteiger partial charge < -0.3 is 4.90 Å². The van der Waals surface area contributed by atoms with Crippen molar-refractivity contribution in [2.75, 3.05) is 38.1 Å². The number of benzene rings is 1. The average molecular weight is 366 g/mol. The minimum absolute atomic E-state index is 0.759. The highest BCUT2D eigenvalue weighted by Crippen LogP contribution is 2.22. The molecule has 19 heavy (non-hydrogen) atoms. The minimum Gasteiger partial charge on any atom is -0.301 e. The van der Waals surface area contributed by atoms with Crippen LogP contribution in [0.4, 0.5) is 0 Å². The van der Waals surface area contributed by atoms with Gasteiger partial charge in [0.05, 0.1) is 0 Å². The van der Waals surface area contributed by atoms with E-state index in [1.165, 1.54) is 13.0 Å². The summed E-state index contributed by atoms with van der Waals surface area (Å²) >= 11 is 15.8. The van der Waals surface area contributed by atoms with Crippen LogP contribution in [0.3, 0.4) is 0 Å². The first-order valence-electron chi connectivity index (χ1n) is 6.63. The molecule has 0 aliphatic carbocycles. The van der Waals surface area contributed by atoms with E-state index in [1.54, 1.807) is 0 Å². The monoisotopic (exact) mass is 364 g/mol. The molecule has 0 spiro atoms. The van der Waals surface area contributed by atoms with Crippen molar-refractivity contribution in [2.24, 2.45) is 0 Å². The molecule has 0 N–H and O–H groups in total. The maximum absolute atomic E-state index is 6.23. The number of halogens is 3. The second-order valence-electron chi connectivity index (χ2n) is 4.90. The lowest BCUT2D eigenvalue weighted by Gasteiger charge is -2.21. The van der Waals surface area contributed by atoms with Crippen LogP contribution in [0, 0.1) is 0 Å². The van der Waals surface area contributed by atoms with Gasteiger partial charge in [0, 0.05) is 41.6 Å². The van der Waals surface area contributed by atoms with Gasteiger partial charge in [0.25, 0.3) is 0 Å². The molecular formula is C14H19BrCl2N2. The molecule has 1 fully saturated rings. The average Bonchev–Trinajstić information content (AvgIpc) is 2.60. The molecule has 1 aromatic carbocycles. The number of nitrogens with zero attached hydrogens (tertiary/aromatic N) is 2. The summed E-state index contributed by atoms with van der Waals surface area (Å²) in [7, 11) is 0. The third-order valence-electron chi connectivity index (χ3n) is 3.48. The van der Waals surface area contributed by atoms with E-state index in [1.807, 2.05) is 18.2 Å². The van der Waals surface area contributed by atoms with E-state index in [9.17, 15) is 0 Å². The Morgan fingerprint density at radius 3 is 2.58 bits per heavy atom. The van der Waals surface area contributed by atoms with Crippen LogP contribution in [0.15, 0.2) is 18.2 Å². The number of hydrogen-bond donors (Lipinski definition) is 0. The maximum Gasteiger partial charge on any atom is 0.0452 e. The Kier molecular flexibility index (Phi) is 6.43. The molecule has 2 rings (SSSR count). The Hall–Kier alpha value is 0.200. The van der Waals surface area contributed by atoms with E-state index in [2.05, 4.69) is 25.7 Å². The number of alkyl halides is 1. The molecule has 1 aromatic rings. The summed E-state index contributed by atoms with van der Waals surface area (Å²) in [6.45, 7) is 6.56. The lowest BCUT2D eigenvalue weighted by atomic mass is 10.2. The van der Waals surface area contributed by atoms with E-state index >= 15 is 0 Å². The molecular weight excluding hydrogens is 347 g/mol. The maximum atomic E-state index is 6.23. The molecule has 2 nitrogen and oxygen atoms in total. The van der Waals surface area contributed by atoms with Crippen LogP contribution in [0.2, 0.25) is 10.0 Å². The Labute approximate surface area is 133 Å². The summed E-state index contributed by atoms with van der Waals surface area (Å²) in [6, 6.07) is 5.70. The first-order valence-corrected chi connectivity index (χ1v) is 8.51. The van der Waals surface area contributed by atoms with Crippen LogP contribution in [-0.2, 0) is 6.54 Å². The Balaban J connectivity index is 1.94. The molecule has 0 bridgehead atoms. The van der Waals surface area contributed by atoms with Gasteiger partial charge in [-0.05, 0) is 43.3 Å². The fourth-order valence-electron chi connectivity index (χ4n) is 2.43. The Morgan fingerprint density at radius 2 is 1.79 bits per heavy atom. The molecule has 5 heteroatoms. The van der Waals surface area contributed by atoms with Gasteiger partial charge in [0.2, 0.25) is 0 Å². The van der Waals surface area contributed by atoms with Crippen LogP contribution in [0.5, 0.6) is 0 Å². The smallest absolute Gasteiger partial charge is 0.0452 e. The van der Waals surface area contributed by atoms with Gasteiger partial charge in [-0.15, -0.1) is 0 Å². The molecule has 1 aliphatic heterocycles. The van der Waals surface area contributed by atoms with Gasteiger partial charge in [-0.1, -0.05) is 39.1 Å². The van der Waals surface area contributed by atoms with E-state index in [-0.39, 0.29) is 0 Å². The zero-order valence-corrected chi connectivity index (χ0v) is 14.0. The van der Waals surface area contributed by atoms with Crippen molar-refractivity contribution in [3.05, 3.63) is 33.8 Å². The summed E-state index contributed by atoms with van der Waals surface area (Å²) in [5, 5.41) is 2.62. The normalized spacial score (nSPS) is 18.5. The van der Waals surface area contributed by atoms with Gasteiger partial charge in [0.15, 0.2) is 0 Å². The minimum atomic E-state index is 0.759. The molecule has 0 amide bonds. The summed E-state index contributed by atoms with van der Waals surface area (Å²) < 4.78 is 0. The molecule has 1 aliphatic rings. The topological polar surface area (TPSA) is 6.48 Å². The van der Waals surface area contributed by atoms with Gasteiger partial charge in [-0.3, -0.25) is 4.90 Å². The van der Waals surface area contributed by atoms with Crippen molar-refractivity contribution < 1.29 is 0 Å². The van der Waals surface area contributed by atoms with Gasteiger partial charge >= 0.3 is 0 Å². The zero-order chi connectivity index (χ0) is 13.7. The third kappa shape index (κ3) is 4.91. The van der Waals surface area contributed by atoms with Crippen molar-refractivity contribution in [3.8, 4) is 0 Å². The first kappa shape index (κ1) is 15.6. The standard InChI is InChI=1S/C14H19BrCl2N2/c15-4-7-18-5-1-6-19(9-8-18)11-12-10-13(16)2-3-14(12)17/h2-3,10H,1,4-9,11H2. The molecule has 0 unspecified atom stereocenters. The molecule has 0 atom stereocenters. The molecule has 0 radical (unpaired) electrons. The van der Waals surface area contributed by atoms with E-state index < -0.39 is 0 Å². The summed E-state index contributed by atoms with van der Waals surface area (Å²) in [5.41, 5.74) is 1.13. The van der Waals surface area contributed by atoms with Crippen LogP contribution in [-0.4, -0.2) is 47.9 Å². The zero-order valence-electron chi connectivity index (χ0n) is 10.9. The third-order valence-corrected chi connectivity index (χ3v) is 4.44. The number of rotatable bonds is 4. The van der Waals surface area contributed by atoms with E-state index in [0.717, 1.165) is 53.7 Å². The summed E-state index contributed by atoms with van der Waals surface area (Å²) in [5.74, 6) is 0. The van der Waals surface area contributed by atoms with Crippen molar-refractivity contribution >= 4 is 39.1 Å². The fourth-order valence-corrected chi connectivity index (χ4v) is 3.30. The highest BCUT2D eigenvalue weighted by Gasteiger charge is 2.15. The molecule has 1 saturated heterocycles. The van der Waals surface area contributed by atoms with E-state index in [4.69, 9.17) is 23.2 Å². The molecule has 1 heterocycles. The largest absolute Gasteiger partial charge is 0.301 e. The Bertz CT molecular complexity index is 414. The first-order chi connectivity index (χ1) is 9.19. The van der Waals surface area contributed by atoms with Crippen molar-refractivity contribution in [1.82, 2.24) is 9.80 Å². The van der Waals surface area contributed by atoms with Crippen LogP contribution >= 0.6 is 39.1 Å². The van der Waals surface area contributed by atoms with Gasteiger partial charge in [-0.2, -0.15) is 0 Å². The van der Waals surface area contributed by atoms with Gasteiger partial charge in [0.1, 0.15) is 0 Å². The van der Waals surface area contributed by atoms with Crippen LogP contribution in [0.1, 0.15) is 12.0 Å². The number of hydrogen-bond acceptors (Lipinski definition) is 2. The molecule has 106 valence electrons. The van der Waals surface area contributed by atoms with Gasteiger partial charge in [-0.25, -0.2) is 0 Å². The summed E-state index contributed by atoms with van der Waals surface area (Å²) in [6.07, 6.45) is 1.21. The van der Waals surface area contributed by atoms with E-state index in [0.29, 0.717) is 0 Å². The molecule has 0 saturated carbocycles. The highest BCUT2D eigenvalue weighted by molar-refractivity contribution is 9.09. The van der Waals surface area contributed by atoms with Crippen molar-refractivity contribution in [1.29, 1.82) is 0 Å². The highest BCUT2D eigenvalue weighted by atomic mass is 79.9. The lowest BCUT2D eigenvalue weighted by Crippen LogP contribution is -2.31. The van der Waals surface area contributed by atoms with Crippen molar-refractivity contribution in [3.63, 3.8) is 0 Å². The predicted molar refractivity (Wildman–Crippen MR) is 86.6 cm³/mol.